The first-order valence-corrected chi connectivity index (χ1v) is 9.18. The van der Waals surface area contributed by atoms with Crippen LogP contribution in [0.15, 0.2) is 0 Å². The van der Waals surface area contributed by atoms with Gasteiger partial charge in [-0.25, -0.2) is 12.7 Å². The molecule has 0 saturated heterocycles. The van der Waals surface area contributed by atoms with Crippen molar-refractivity contribution >= 4 is 10.0 Å². The predicted octanol–water partition coefficient (Wildman–Crippen LogP) is 2.21. The lowest BCUT2D eigenvalue weighted by molar-refractivity contribution is 0.335. The van der Waals surface area contributed by atoms with Crippen molar-refractivity contribution in [3.8, 4) is 0 Å². The SMILES string of the molecule is CCC(CC)CN(CC)S(=O)(=O)C(C)CNC1CC1. The summed E-state index contributed by atoms with van der Waals surface area (Å²) in [4.78, 5) is 0. The average Bonchev–Trinajstić information content (AvgIpc) is 3.21. The molecule has 1 aliphatic carbocycles. The first-order chi connectivity index (χ1) is 8.95. The molecule has 0 amide bonds. The molecule has 0 aliphatic heterocycles. The maximum absolute atomic E-state index is 12.5. The van der Waals surface area contributed by atoms with Crippen molar-refractivity contribution in [1.29, 1.82) is 0 Å². The minimum absolute atomic E-state index is 0.331. The van der Waals surface area contributed by atoms with E-state index in [0.717, 1.165) is 12.8 Å². The lowest BCUT2D eigenvalue weighted by atomic mass is 10.0. The number of hydrogen-bond acceptors (Lipinski definition) is 3. The molecule has 1 aliphatic rings. The first kappa shape index (κ1) is 16.9. The number of nitrogens with one attached hydrogen (secondary N) is 1. The van der Waals surface area contributed by atoms with Gasteiger partial charge in [-0.1, -0.05) is 33.6 Å². The topological polar surface area (TPSA) is 49.4 Å². The van der Waals surface area contributed by atoms with Gasteiger partial charge < -0.3 is 5.32 Å². The summed E-state index contributed by atoms with van der Waals surface area (Å²) in [5, 5.41) is 2.99. The van der Waals surface area contributed by atoms with Gasteiger partial charge in [0.1, 0.15) is 0 Å². The van der Waals surface area contributed by atoms with Gasteiger partial charge in [-0.05, 0) is 25.7 Å². The van der Waals surface area contributed by atoms with E-state index in [0.29, 0.717) is 31.6 Å². The van der Waals surface area contributed by atoms with Gasteiger partial charge in [-0.3, -0.25) is 0 Å². The van der Waals surface area contributed by atoms with E-state index in [1.165, 1.54) is 12.8 Å². The highest BCUT2D eigenvalue weighted by Crippen LogP contribution is 2.20. The highest BCUT2D eigenvalue weighted by Gasteiger charge is 2.30. The quantitative estimate of drug-likeness (QED) is 0.671. The maximum Gasteiger partial charge on any atom is 0.217 e. The molecule has 19 heavy (non-hydrogen) atoms. The van der Waals surface area contributed by atoms with Crippen LogP contribution in [0.5, 0.6) is 0 Å². The van der Waals surface area contributed by atoms with Crippen LogP contribution in [0.2, 0.25) is 0 Å². The van der Waals surface area contributed by atoms with E-state index in [1.54, 1.807) is 4.31 Å². The van der Waals surface area contributed by atoms with E-state index >= 15 is 0 Å². The van der Waals surface area contributed by atoms with Crippen molar-refractivity contribution in [2.75, 3.05) is 19.6 Å². The second-order valence-corrected chi connectivity index (χ2v) is 8.02. The zero-order chi connectivity index (χ0) is 14.5. The van der Waals surface area contributed by atoms with Crippen LogP contribution in [0.1, 0.15) is 53.4 Å². The molecule has 0 aromatic carbocycles. The Hall–Kier alpha value is -0.130. The molecule has 0 spiro atoms. The smallest absolute Gasteiger partial charge is 0.217 e. The van der Waals surface area contributed by atoms with Gasteiger partial charge in [0.15, 0.2) is 0 Å². The van der Waals surface area contributed by atoms with Crippen molar-refractivity contribution in [3.05, 3.63) is 0 Å². The molecule has 0 radical (unpaired) electrons. The van der Waals surface area contributed by atoms with Gasteiger partial charge >= 0.3 is 0 Å². The summed E-state index contributed by atoms with van der Waals surface area (Å²) in [6.45, 7) is 9.83. The normalized spacial score (nSPS) is 18.2. The van der Waals surface area contributed by atoms with Crippen LogP contribution >= 0.6 is 0 Å². The molecule has 1 fully saturated rings. The summed E-state index contributed by atoms with van der Waals surface area (Å²) >= 11 is 0. The van der Waals surface area contributed by atoms with Gasteiger partial charge in [0.2, 0.25) is 10.0 Å². The Balaban J connectivity index is 2.58. The molecule has 0 heterocycles. The molecule has 0 aromatic heterocycles. The lowest BCUT2D eigenvalue weighted by Crippen LogP contribution is -2.44. The average molecular weight is 290 g/mol. The molecule has 1 N–H and O–H groups in total. The molecule has 0 bridgehead atoms. The third-order valence-corrected chi connectivity index (χ3v) is 6.42. The monoisotopic (exact) mass is 290 g/mol. The predicted molar refractivity (Wildman–Crippen MR) is 80.7 cm³/mol. The van der Waals surface area contributed by atoms with Crippen molar-refractivity contribution < 1.29 is 8.42 Å². The van der Waals surface area contributed by atoms with E-state index in [-0.39, 0.29) is 5.25 Å². The summed E-state index contributed by atoms with van der Waals surface area (Å²) in [6.07, 6.45) is 4.46. The van der Waals surface area contributed by atoms with Crippen molar-refractivity contribution in [2.24, 2.45) is 5.92 Å². The van der Waals surface area contributed by atoms with Gasteiger partial charge in [0.05, 0.1) is 5.25 Å². The van der Waals surface area contributed by atoms with Gasteiger partial charge in [0, 0.05) is 25.7 Å². The molecular formula is C14H30N2O2S. The van der Waals surface area contributed by atoms with Crippen LogP contribution in [0.4, 0.5) is 0 Å². The molecule has 5 heteroatoms. The standard InChI is InChI=1S/C14H30N2O2S/c1-5-13(6-2)11-16(7-3)19(17,18)12(4)10-15-14-8-9-14/h12-15H,5-11H2,1-4H3. The lowest BCUT2D eigenvalue weighted by Gasteiger charge is -2.28. The van der Waals surface area contributed by atoms with Gasteiger partial charge in [-0.15, -0.1) is 0 Å². The van der Waals surface area contributed by atoms with Gasteiger partial charge in [0.25, 0.3) is 0 Å². The second kappa shape index (κ2) is 7.60. The van der Waals surface area contributed by atoms with Crippen molar-refractivity contribution in [2.45, 2.75) is 64.7 Å². The molecule has 4 nitrogen and oxygen atoms in total. The highest BCUT2D eigenvalue weighted by atomic mass is 32.2. The van der Waals surface area contributed by atoms with Crippen LogP contribution in [-0.2, 0) is 10.0 Å². The molecule has 114 valence electrons. The van der Waals surface area contributed by atoms with Crippen molar-refractivity contribution in [3.63, 3.8) is 0 Å². The number of rotatable bonds is 10. The maximum atomic E-state index is 12.5. The van der Waals surface area contributed by atoms with Crippen LogP contribution in [0.25, 0.3) is 0 Å². The Morgan fingerprint density at radius 1 is 1.21 bits per heavy atom. The van der Waals surface area contributed by atoms with Crippen LogP contribution in [0, 0.1) is 5.92 Å². The summed E-state index contributed by atoms with van der Waals surface area (Å²) in [5.74, 6) is 0.471. The van der Waals surface area contributed by atoms with Crippen LogP contribution in [-0.4, -0.2) is 43.6 Å². The zero-order valence-electron chi connectivity index (χ0n) is 12.9. The molecule has 1 atom stereocenters. The fraction of sp³-hybridized carbons (Fsp3) is 1.00. The fourth-order valence-corrected chi connectivity index (χ4v) is 3.82. The van der Waals surface area contributed by atoms with E-state index < -0.39 is 10.0 Å². The minimum Gasteiger partial charge on any atom is -0.313 e. The summed E-state index contributed by atoms with van der Waals surface area (Å²) < 4.78 is 26.8. The minimum atomic E-state index is -3.16. The largest absolute Gasteiger partial charge is 0.313 e. The molecule has 1 rings (SSSR count). The Morgan fingerprint density at radius 2 is 1.79 bits per heavy atom. The van der Waals surface area contributed by atoms with E-state index in [4.69, 9.17) is 0 Å². The summed E-state index contributed by atoms with van der Waals surface area (Å²) in [6, 6.07) is 0.562. The van der Waals surface area contributed by atoms with Crippen LogP contribution in [0.3, 0.4) is 0 Å². The fourth-order valence-electron chi connectivity index (χ4n) is 2.23. The Bertz CT molecular complexity index is 348. The Kier molecular flexibility index (Phi) is 6.77. The molecular weight excluding hydrogens is 260 g/mol. The highest BCUT2D eigenvalue weighted by molar-refractivity contribution is 7.89. The molecule has 1 unspecified atom stereocenters. The zero-order valence-corrected chi connectivity index (χ0v) is 13.7. The van der Waals surface area contributed by atoms with E-state index in [2.05, 4.69) is 19.2 Å². The summed E-state index contributed by atoms with van der Waals surface area (Å²) in [7, 11) is -3.16. The third kappa shape index (κ3) is 5.04. The number of sulfonamides is 1. The first-order valence-electron chi connectivity index (χ1n) is 7.67. The van der Waals surface area contributed by atoms with E-state index in [9.17, 15) is 8.42 Å². The van der Waals surface area contributed by atoms with Crippen molar-refractivity contribution in [1.82, 2.24) is 9.62 Å². The third-order valence-electron chi connectivity index (χ3n) is 4.11. The summed E-state index contributed by atoms with van der Waals surface area (Å²) in [5.41, 5.74) is 0. The molecule has 1 saturated carbocycles. The van der Waals surface area contributed by atoms with Crippen LogP contribution < -0.4 is 5.32 Å². The Morgan fingerprint density at radius 3 is 2.21 bits per heavy atom. The Labute approximate surface area is 119 Å². The molecule has 0 aromatic rings. The van der Waals surface area contributed by atoms with E-state index in [1.807, 2.05) is 13.8 Å². The number of nitrogens with zero attached hydrogens (tertiary/aromatic N) is 1. The number of hydrogen-bond donors (Lipinski definition) is 1. The second-order valence-electron chi connectivity index (χ2n) is 5.67. The van der Waals surface area contributed by atoms with Gasteiger partial charge in [-0.2, -0.15) is 0 Å².